The van der Waals surface area contributed by atoms with Gasteiger partial charge in [-0.25, -0.2) is 4.68 Å². The fourth-order valence-electron chi connectivity index (χ4n) is 3.32. The molecule has 0 bridgehead atoms. The zero-order valence-electron chi connectivity index (χ0n) is 17.8. The Morgan fingerprint density at radius 2 is 1.47 bits per heavy atom. The van der Waals surface area contributed by atoms with Crippen LogP contribution in [0, 0.1) is 0 Å². The van der Waals surface area contributed by atoms with Gasteiger partial charge in [-0.15, -0.1) is 0 Å². The monoisotopic (exact) mass is 543 g/mol. The van der Waals surface area contributed by atoms with Gasteiger partial charge >= 0.3 is 12.4 Å². The average Bonchev–Trinajstić information content (AvgIpc) is 3.26. The second kappa shape index (κ2) is 9.51. The van der Waals surface area contributed by atoms with Crippen LogP contribution in [0.25, 0.3) is 16.9 Å². The first-order valence-corrected chi connectivity index (χ1v) is 10.8. The molecule has 0 saturated heterocycles. The fraction of sp³-hybridized carbons (Fsp3) is 0.0833. The summed E-state index contributed by atoms with van der Waals surface area (Å²) in [7, 11) is 0. The highest BCUT2D eigenvalue weighted by Crippen LogP contribution is 2.36. The van der Waals surface area contributed by atoms with Gasteiger partial charge in [0.1, 0.15) is 0 Å². The SMILES string of the molecule is O=C(Nc1cc(C(F)(F)F)ccc1Cl)c1ccc(-c2cc(C(F)(F)F)nn2-c2ccccc2Cl)cc1. The first kappa shape index (κ1) is 25.6. The lowest BCUT2D eigenvalue weighted by atomic mass is 10.1. The lowest BCUT2D eigenvalue weighted by molar-refractivity contribution is -0.141. The summed E-state index contributed by atoms with van der Waals surface area (Å²) in [6.07, 6.45) is -9.35. The number of carbonyl (C=O) groups is 1. The van der Waals surface area contributed by atoms with Crippen LogP contribution in [0.3, 0.4) is 0 Å². The van der Waals surface area contributed by atoms with Gasteiger partial charge in [0.25, 0.3) is 5.91 Å². The third-order valence-corrected chi connectivity index (χ3v) is 5.71. The number of hydrogen-bond acceptors (Lipinski definition) is 2. The summed E-state index contributed by atoms with van der Waals surface area (Å²) in [5, 5.41) is 6.04. The first-order valence-electron chi connectivity index (χ1n) is 10.1. The van der Waals surface area contributed by atoms with Crippen molar-refractivity contribution in [1.29, 1.82) is 0 Å². The zero-order valence-corrected chi connectivity index (χ0v) is 19.3. The molecule has 4 rings (SSSR count). The molecule has 1 aromatic heterocycles. The maximum absolute atomic E-state index is 13.4. The van der Waals surface area contributed by atoms with Crippen LogP contribution >= 0.6 is 23.2 Å². The molecule has 1 N–H and O–H groups in total. The summed E-state index contributed by atoms with van der Waals surface area (Å²) in [6.45, 7) is 0. The summed E-state index contributed by atoms with van der Waals surface area (Å²) in [5.74, 6) is -0.765. The van der Waals surface area contributed by atoms with Gasteiger partial charge in [0.15, 0.2) is 5.69 Å². The van der Waals surface area contributed by atoms with Crippen LogP contribution in [-0.2, 0) is 12.4 Å². The summed E-state index contributed by atoms with van der Waals surface area (Å²) in [5.41, 5.74) is -1.79. The lowest BCUT2D eigenvalue weighted by Crippen LogP contribution is -2.13. The molecular weight excluding hydrogens is 531 g/mol. The number of halogens is 8. The van der Waals surface area contributed by atoms with Crippen molar-refractivity contribution in [2.75, 3.05) is 5.32 Å². The van der Waals surface area contributed by atoms with Crippen LogP contribution < -0.4 is 5.32 Å². The summed E-state index contributed by atoms with van der Waals surface area (Å²) < 4.78 is 80.1. The van der Waals surface area contributed by atoms with E-state index in [2.05, 4.69) is 10.4 Å². The van der Waals surface area contributed by atoms with E-state index in [1.54, 1.807) is 12.1 Å². The van der Waals surface area contributed by atoms with E-state index in [1.807, 2.05) is 0 Å². The Morgan fingerprint density at radius 1 is 0.806 bits per heavy atom. The topological polar surface area (TPSA) is 46.9 Å². The van der Waals surface area contributed by atoms with Crippen molar-refractivity contribution in [3.63, 3.8) is 0 Å². The third kappa shape index (κ3) is 5.34. The molecule has 36 heavy (non-hydrogen) atoms. The Kier molecular flexibility index (Phi) is 6.76. The molecule has 0 spiro atoms. The molecule has 0 unspecified atom stereocenters. The van der Waals surface area contributed by atoms with Crippen LogP contribution in [0.5, 0.6) is 0 Å². The van der Waals surface area contributed by atoms with Gasteiger partial charge in [-0.1, -0.05) is 47.5 Å². The van der Waals surface area contributed by atoms with Gasteiger partial charge in [-0.2, -0.15) is 31.4 Å². The molecule has 1 amide bonds. The molecular formula is C24H13Cl2F6N3O. The molecule has 0 aliphatic rings. The van der Waals surface area contributed by atoms with Crippen molar-refractivity contribution >= 4 is 34.8 Å². The maximum atomic E-state index is 13.4. The van der Waals surface area contributed by atoms with Crippen LogP contribution in [0.15, 0.2) is 72.8 Å². The van der Waals surface area contributed by atoms with E-state index in [1.165, 1.54) is 36.4 Å². The Morgan fingerprint density at radius 3 is 2.08 bits per heavy atom. The predicted molar refractivity (Wildman–Crippen MR) is 123 cm³/mol. The number of alkyl halides is 6. The van der Waals surface area contributed by atoms with E-state index in [9.17, 15) is 31.1 Å². The first-order chi connectivity index (χ1) is 16.8. The van der Waals surface area contributed by atoms with E-state index >= 15 is 0 Å². The van der Waals surface area contributed by atoms with Crippen LogP contribution in [-0.4, -0.2) is 15.7 Å². The van der Waals surface area contributed by atoms with Gasteiger partial charge in [0.2, 0.25) is 0 Å². The average molecular weight is 544 g/mol. The van der Waals surface area contributed by atoms with Crippen molar-refractivity contribution in [2.24, 2.45) is 0 Å². The molecule has 186 valence electrons. The quantitative estimate of drug-likeness (QED) is 0.264. The number of benzene rings is 3. The van der Waals surface area contributed by atoms with E-state index in [4.69, 9.17) is 23.2 Å². The molecule has 0 saturated carbocycles. The van der Waals surface area contributed by atoms with Crippen LogP contribution in [0.2, 0.25) is 10.0 Å². The minimum Gasteiger partial charge on any atom is -0.321 e. The van der Waals surface area contributed by atoms with Crippen molar-refractivity contribution in [1.82, 2.24) is 9.78 Å². The van der Waals surface area contributed by atoms with Crippen LogP contribution in [0.4, 0.5) is 32.0 Å². The van der Waals surface area contributed by atoms with Crippen LogP contribution in [0.1, 0.15) is 21.6 Å². The molecule has 0 aliphatic carbocycles. The molecule has 0 radical (unpaired) electrons. The molecule has 0 atom stereocenters. The molecule has 0 fully saturated rings. The number of amides is 1. The normalized spacial score (nSPS) is 12.0. The van der Waals surface area contributed by atoms with Crippen molar-refractivity contribution in [2.45, 2.75) is 12.4 Å². The number of nitrogens with one attached hydrogen (secondary N) is 1. The summed E-state index contributed by atoms with van der Waals surface area (Å²) in [6, 6.07) is 14.9. The van der Waals surface area contributed by atoms with E-state index < -0.39 is 29.5 Å². The van der Waals surface area contributed by atoms with Gasteiger partial charge < -0.3 is 5.32 Å². The van der Waals surface area contributed by atoms with E-state index in [-0.39, 0.29) is 38.2 Å². The second-order valence-corrected chi connectivity index (χ2v) is 8.31. The third-order valence-electron chi connectivity index (χ3n) is 5.07. The van der Waals surface area contributed by atoms with E-state index in [0.29, 0.717) is 6.07 Å². The maximum Gasteiger partial charge on any atom is 0.435 e. The Balaban J connectivity index is 1.66. The van der Waals surface area contributed by atoms with E-state index in [0.717, 1.165) is 22.9 Å². The number of anilines is 1. The fourth-order valence-corrected chi connectivity index (χ4v) is 3.70. The largest absolute Gasteiger partial charge is 0.435 e. The smallest absolute Gasteiger partial charge is 0.321 e. The molecule has 0 aliphatic heterocycles. The molecule has 4 aromatic rings. The molecule has 3 aromatic carbocycles. The standard InChI is InChI=1S/C24H13Cl2F6N3O/c25-16-10-9-15(23(27,28)29)11-18(16)33-22(36)14-7-5-13(6-8-14)20-12-21(24(30,31)32)34-35(20)19-4-2-1-3-17(19)26/h1-12H,(H,33,36). The molecule has 1 heterocycles. The summed E-state index contributed by atoms with van der Waals surface area (Å²) in [4.78, 5) is 12.6. The summed E-state index contributed by atoms with van der Waals surface area (Å²) >= 11 is 12.1. The second-order valence-electron chi connectivity index (χ2n) is 7.50. The Bertz CT molecular complexity index is 1430. The van der Waals surface area contributed by atoms with Gasteiger partial charge in [-0.05, 0) is 48.5 Å². The lowest BCUT2D eigenvalue weighted by Gasteiger charge is -2.12. The van der Waals surface area contributed by atoms with Crippen molar-refractivity contribution < 1.29 is 31.1 Å². The zero-order chi connectivity index (χ0) is 26.3. The number of hydrogen-bond donors (Lipinski definition) is 1. The number of carbonyl (C=O) groups excluding carboxylic acids is 1. The highest BCUT2D eigenvalue weighted by molar-refractivity contribution is 6.34. The highest BCUT2D eigenvalue weighted by Gasteiger charge is 2.35. The minimum atomic E-state index is -4.72. The Labute approximate surface area is 210 Å². The van der Waals surface area contributed by atoms with Gasteiger partial charge in [0, 0.05) is 11.1 Å². The Hall–Kier alpha value is -3.50. The van der Waals surface area contributed by atoms with Gasteiger partial charge in [0.05, 0.1) is 32.7 Å². The minimum absolute atomic E-state index is 0.0343. The van der Waals surface area contributed by atoms with Crippen molar-refractivity contribution in [3.8, 4) is 16.9 Å². The molecule has 12 heteroatoms. The number of rotatable bonds is 4. The number of nitrogens with zero attached hydrogens (tertiary/aromatic N) is 2. The number of aromatic nitrogens is 2. The van der Waals surface area contributed by atoms with Gasteiger partial charge in [-0.3, -0.25) is 4.79 Å². The highest BCUT2D eigenvalue weighted by atomic mass is 35.5. The molecule has 4 nitrogen and oxygen atoms in total. The number of para-hydroxylation sites is 1. The van der Waals surface area contributed by atoms with Crippen molar-refractivity contribution in [3.05, 3.63) is 99.7 Å². The predicted octanol–water partition coefficient (Wildman–Crippen LogP) is 8.14.